The minimum absolute atomic E-state index is 0.388. The van der Waals surface area contributed by atoms with Crippen molar-refractivity contribution < 1.29 is 4.74 Å². The fraction of sp³-hybridized carbons (Fsp3) is 0.647. The number of rotatable bonds is 7. The summed E-state index contributed by atoms with van der Waals surface area (Å²) in [7, 11) is 0. The predicted molar refractivity (Wildman–Crippen MR) is 93.0 cm³/mol. The Bertz CT molecular complexity index is 444. The van der Waals surface area contributed by atoms with E-state index in [1.807, 2.05) is 0 Å². The Kier molecular flexibility index (Phi) is 6.52. The summed E-state index contributed by atoms with van der Waals surface area (Å²) in [4.78, 5) is 2.40. The summed E-state index contributed by atoms with van der Waals surface area (Å²) in [5.41, 5.74) is 2.58. The van der Waals surface area contributed by atoms with Crippen molar-refractivity contribution in [2.75, 3.05) is 24.6 Å². The van der Waals surface area contributed by atoms with Gasteiger partial charge in [0.15, 0.2) is 0 Å². The number of hydrogen-bond acceptors (Lipinski definition) is 3. The van der Waals surface area contributed by atoms with E-state index in [0.717, 1.165) is 26.2 Å². The van der Waals surface area contributed by atoms with E-state index in [2.05, 4.69) is 65.1 Å². The van der Waals surface area contributed by atoms with Crippen LogP contribution in [0.3, 0.4) is 0 Å². The zero-order valence-corrected chi connectivity index (χ0v) is 14.9. The van der Waals surface area contributed by atoms with E-state index < -0.39 is 0 Å². The van der Waals surface area contributed by atoms with Gasteiger partial charge in [0.05, 0.1) is 11.8 Å². The molecular weight excluding hydrogens is 328 g/mol. The van der Waals surface area contributed by atoms with E-state index in [1.54, 1.807) is 0 Å². The first-order chi connectivity index (χ1) is 10.1. The van der Waals surface area contributed by atoms with Gasteiger partial charge in [-0.1, -0.05) is 19.9 Å². The molecular formula is C17H27BrN2O. The lowest BCUT2D eigenvalue weighted by molar-refractivity contribution is 0.115. The number of anilines is 1. The highest BCUT2D eigenvalue weighted by Crippen LogP contribution is 2.28. The second-order valence-electron chi connectivity index (χ2n) is 6.00. The SMILES string of the molecule is CCN(CC1CCCO1)c1ccc(CNC(C)C)cc1Br. The van der Waals surface area contributed by atoms with Crippen LogP contribution in [0.25, 0.3) is 0 Å². The zero-order valence-electron chi connectivity index (χ0n) is 13.4. The first kappa shape index (κ1) is 16.8. The van der Waals surface area contributed by atoms with Crippen molar-refractivity contribution in [2.24, 2.45) is 0 Å². The van der Waals surface area contributed by atoms with E-state index in [0.29, 0.717) is 12.1 Å². The molecule has 1 heterocycles. The molecule has 1 atom stereocenters. The Morgan fingerprint density at radius 2 is 2.24 bits per heavy atom. The predicted octanol–water partition coefficient (Wildman–Crippen LogP) is 3.95. The quantitative estimate of drug-likeness (QED) is 0.802. The van der Waals surface area contributed by atoms with Crippen molar-refractivity contribution in [3.8, 4) is 0 Å². The highest BCUT2D eigenvalue weighted by Gasteiger charge is 2.19. The number of nitrogens with zero attached hydrogens (tertiary/aromatic N) is 1. The normalized spacial score (nSPS) is 18.4. The van der Waals surface area contributed by atoms with Gasteiger partial charge >= 0.3 is 0 Å². The molecule has 1 aromatic carbocycles. The van der Waals surface area contributed by atoms with Gasteiger partial charge in [0.2, 0.25) is 0 Å². The summed E-state index contributed by atoms with van der Waals surface area (Å²) in [5, 5.41) is 3.46. The Labute approximate surface area is 137 Å². The second-order valence-corrected chi connectivity index (χ2v) is 6.85. The van der Waals surface area contributed by atoms with Crippen molar-refractivity contribution in [3.05, 3.63) is 28.2 Å². The standard InChI is InChI=1S/C17H27BrN2O/c1-4-20(12-15-6-5-9-21-15)17-8-7-14(10-16(17)18)11-19-13(2)3/h7-8,10,13,15,19H,4-6,9,11-12H2,1-3H3. The molecule has 0 aliphatic carbocycles. The molecule has 1 unspecified atom stereocenters. The number of nitrogens with one attached hydrogen (secondary N) is 1. The summed E-state index contributed by atoms with van der Waals surface area (Å²) in [6.07, 6.45) is 2.77. The largest absolute Gasteiger partial charge is 0.376 e. The monoisotopic (exact) mass is 354 g/mol. The first-order valence-electron chi connectivity index (χ1n) is 7.98. The third-order valence-electron chi connectivity index (χ3n) is 3.90. The zero-order chi connectivity index (χ0) is 15.2. The molecule has 1 fully saturated rings. The third kappa shape index (κ3) is 4.97. The lowest BCUT2D eigenvalue weighted by Gasteiger charge is -2.27. The molecule has 0 aromatic heterocycles. The molecule has 1 aliphatic rings. The van der Waals surface area contributed by atoms with Crippen LogP contribution >= 0.6 is 15.9 Å². The molecule has 0 saturated carbocycles. The highest BCUT2D eigenvalue weighted by molar-refractivity contribution is 9.10. The number of benzene rings is 1. The smallest absolute Gasteiger partial charge is 0.0750 e. The molecule has 4 heteroatoms. The van der Waals surface area contributed by atoms with Gasteiger partial charge in [0.1, 0.15) is 0 Å². The summed E-state index contributed by atoms with van der Waals surface area (Å²) in [6, 6.07) is 7.17. The number of halogens is 1. The lowest BCUT2D eigenvalue weighted by Crippen LogP contribution is -2.32. The summed E-state index contributed by atoms with van der Waals surface area (Å²) < 4.78 is 6.94. The van der Waals surface area contributed by atoms with Crippen LogP contribution in [0.1, 0.15) is 39.2 Å². The molecule has 1 aromatic rings. The van der Waals surface area contributed by atoms with E-state index in [4.69, 9.17) is 4.74 Å². The van der Waals surface area contributed by atoms with Crippen molar-refractivity contribution in [2.45, 2.75) is 52.3 Å². The molecule has 1 saturated heterocycles. The van der Waals surface area contributed by atoms with Crippen molar-refractivity contribution in [3.63, 3.8) is 0 Å². The third-order valence-corrected chi connectivity index (χ3v) is 4.53. The number of likely N-dealkylation sites (N-methyl/N-ethyl adjacent to an activating group) is 1. The molecule has 2 rings (SSSR count). The maximum atomic E-state index is 5.77. The molecule has 0 radical (unpaired) electrons. The minimum Gasteiger partial charge on any atom is -0.376 e. The minimum atomic E-state index is 0.388. The molecule has 1 aliphatic heterocycles. The van der Waals surface area contributed by atoms with E-state index in [-0.39, 0.29) is 0 Å². The maximum Gasteiger partial charge on any atom is 0.0750 e. The van der Waals surface area contributed by atoms with Gasteiger partial charge in [-0.15, -0.1) is 0 Å². The van der Waals surface area contributed by atoms with Crippen LogP contribution in [0, 0.1) is 0 Å². The maximum absolute atomic E-state index is 5.77. The van der Waals surface area contributed by atoms with Crippen LogP contribution in [0.5, 0.6) is 0 Å². The average Bonchev–Trinajstić information content (AvgIpc) is 2.96. The fourth-order valence-electron chi connectivity index (χ4n) is 2.67. The van der Waals surface area contributed by atoms with Crippen LogP contribution in [-0.4, -0.2) is 31.8 Å². The second kappa shape index (κ2) is 8.16. The van der Waals surface area contributed by atoms with Crippen LogP contribution in [0.2, 0.25) is 0 Å². The van der Waals surface area contributed by atoms with Crippen LogP contribution in [-0.2, 0) is 11.3 Å². The van der Waals surface area contributed by atoms with Crippen LogP contribution < -0.4 is 10.2 Å². The molecule has 0 spiro atoms. The van der Waals surface area contributed by atoms with Gasteiger partial charge in [-0.2, -0.15) is 0 Å². The van der Waals surface area contributed by atoms with Crippen molar-refractivity contribution in [1.29, 1.82) is 0 Å². The Morgan fingerprint density at radius 1 is 1.43 bits per heavy atom. The highest BCUT2D eigenvalue weighted by atomic mass is 79.9. The summed E-state index contributed by atoms with van der Waals surface area (Å²) in [5.74, 6) is 0. The molecule has 0 bridgehead atoms. The molecule has 1 N–H and O–H groups in total. The Balaban J connectivity index is 2.03. The van der Waals surface area contributed by atoms with Gasteiger partial charge in [0, 0.05) is 36.8 Å². The lowest BCUT2D eigenvalue weighted by atomic mass is 10.1. The number of ether oxygens (including phenoxy) is 1. The number of hydrogen-bond donors (Lipinski definition) is 1. The Morgan fingerprint density at radius 3 is 2.81 bits per heavy atom. The van der Waals surface area contributed by atoms with Gasteiger partial charge in [-0.25, -0.2) is 0 Å². The summed E-state index contributed by atoms with van der Waals surface area (Å²) in [6.45, 7) is 10.4. The van der Waals surface area contributed by atoms with Crippen molar-refractivity contribution >= 4 is 21.6 Å². The molecule has 21 heavy (non-hydrogen) atoms. The molecule has 3 nitrogen and oxygen atoms in total. The first-order valence-corrected chi connectivity index (χ1v) is 8.77. The van der Waals surface area contributed by atoms with Crippen molar-refractivity contribution in [1.82, 2.24) is 5.32 Å². The van der Waals surface area contributed by atoms with Crippen LogP contribution in [0.4, 0.5) is 5.69 Å². The average molecular weight is 355 g/mol. The van der Waals surface area contributed by atoms with Gasteiger partial charge in [-0.3, -0.25) is 0 Å². The fourth-order valence-corrected chi connectivity index (χ4v) is 3.35. The van der Waals surface area contributed by atoms with E-state index in [9.17, 15) is 0 Å². The van der Waals surface area contributed by atoms with E-state index in [1.165, 1.54) is 28.6 Å². The van der Waals surface area contributed by atoms with Gasteiger partial charge in [0.25, 0.3) is 0 Å². The topological polar surface area (TPSA) is 24.5 Å². The Hall–Kier alpha value is -0.580. The van der Waals surface area contributed by atoms with Gasteiger partial charge in [-0.05, 0) is 53.4 Å². The molecule has 0 amide bonds. The summed E-state index contributed by atoms with van der Waals surface area (Å²) >= 11 is 3.73. The van der Waals surface area contributed by atoms with Crippen LogP contribution in [0.15, 0.2) is 22.7 Å². The van der Waals surface area contributed by atoms with Gasteiger partial charge < -0.3 is 15.0 Å². The van der Waals surface area contributed by atoms with E-state index >= 15 is 0 Å². The molecule has 118 valence electrons.